The quantitative estimate of drug-likeness (QED) is 0.525. The van der Waals surface area contributed by atoms with E-state index in [9.17, 15) is 19.7 Å². The molecule has 1 saturated heterocycles. The van der Waals surface area contributed by atoms with Crippen LogP contribution in [0.25, 0.3) is 0 Å². The second-order valence-electron chi connectivity index (χ2n) is 7.10. The Balaban J connectivity index is 1.65. The first-order valence-electron chi connectivity index (χ1n) is 9.64. The smallest absolute Gasteiger partial charge is 0.274 e. The lowest BCUT2D eigenvalue weighted by Gasteiger charge is -2.34. The second-order valence-corrected chi connectivity index (χ2v) is 7.10. The summed E-state index contributed by atoms with van der Waals surface area (Å²) in [5.74, 6) is 0.209. The van der Waals surface area contributed by atoms with Crippen LogP contribution in [0.2, 0.25) is 0 Å². The number of carbonyl (C=O) groups excluding carboxylic acids is 2. The van der Waals surface area contributed by atoms with Crippen LogP contribution >= 0.6 is 0 Å². The molecule has 0 radical (unpaired) electrons. The van der Waals surface area contributed by atoms with Crippen LogP contribution in [-0.4, -0.2) is 66.9 Å². The normalized spacial score (nSPS) is 14.2. The van der Waals surface area contributed by atoms with Crippen molar-refractivity contribution in [1.82, 2.24) is 9.80 Å². The molecule has 10 nitrogen and oxygen atoms in total. The van der Waals surface area contributed by atoms with Gasteiger partial charge in [0.05, 0.1) is 19.1 Å². The number of nitrogens with zero attached hydrogens (tertiary/aromatic N) is 3. The number of benzene rings is 2. The van der Waals surface area contributed by atoms with E-state index in [0.717, 1.165) is 0 Å². The Morgan fingerprint density at radius 1 is 1.00 bits per heavy atom. The van der Waals surface area contributed by atoms with Crippen molar-refractivity contribution >= 4 is 17.5 Å². The van der Waals surface area contributed by atoms with Crippen molar-refractivity contribution in [2.45, 2.75) is 6.54 Å². The molecule has 10 heteroatoms. The van der Waals surface area contributed by atoms with Crippen molar-refractivity contribution in [2.75, 3.05) is 40.4 Å². The summed E-state index contributed by atoms with van der Waals surface area (Å²) in [5, 5.41) is 11.4. The van der Waals surface area contributed by atoms with Gasteiger partial charge in [-0.05, 0) is 24.3 Å². The van der Waals surface area contributed by atoms with E-state index < -0.39 is 10.8 Å². The zero-order chi connectivity index (χ0) is 22.5. The number of methoxy groups -OCH3 is 2. The van der Waals surface area contributed by atoms with Crippen molar-refractivity contribution in [2.24, 2.45) is 5.73 Å². The van der Waals surface area contributed by atoms with Crippen molar-refractivity contribution in [1.29, 1.82) is 0 Å². The molecule has 2 amide bonds. The van der Waals surface area contributed by atoms with Crippen LogP contribution in [0.5, 0.6) is 11.5 Å². The van der Waals surface area contributed by atoms with Gasteiger partial charge >= 0.3 is 0 Å². The summed E-state index contributed by atoms with van der Waals surface area (Å²) < 4.78 is 10.5. The van der Waals surface area contributed by atoms with E-state index in [1.807, 2.05) is 4.90 Å². The number of primary amides is 1. The molecule has 0 aromatic heterocycles. The van der Waals surface area contributed by atoms with Gasteiger partial charge in [-0.3, -0.25) is 24.6 Å². The predicted octanol–water partition coefficient (Wildman–Crippen LogP) is 1.67. The highest BCUT2D eigenvalue weighted by Gasteiger charge is 2.25. The topological polar surface area (TPSA) is 128 Å². The summed E-state index contributed by atoms with van der Waals surface area (Å²) in [6, 6.07) is 9.28. The number of piperazine rings is 1. The average Bonchev–Trinajstić information content (AvgIpc) is 2.78. The van der Waals surface area contributed by atoms with Crippen LogP contribution in [0.3, 0.4) is 0 Å². The van der Waals surface area contributed by atoms with Gasteiger partial charge in [-0.1, -0.05) is 6.07 Å². The van der Waals surface area contributed by atoms with Crippen LogP contribution in [0, 0.1) is 10.1 Å². The monoisotopic (exact) mass is 428 g/mol. The summed E-state index contributed by atoms with van der Waals surface area (Å²) in [5.41, 5.74) is 6.18. The van der Waals surface area contributed by atoms with Gasteiger partial charge in [-0.2, -0.15) is 0 Å². The van der Waals surface area contributed by atoms with Crippen LogP contribution < -0.4 is 15.2 Å². The standard InChI is InChI=1S/C21H24N4O6/c1-30-18-6-5-15(12-19(18)31-2)21(27)24-9-7-23(8-10-24)13-16-4-3-14(20(22)26)11-17(16)25(28)29/h3-6,11-12H,7-10,13H2,1-2H3,(H2,22,26). The number of rotatable bonds is 7. The molecule has 31 heavy (non-hydrogen) atoms. The first-order valence-corrected chi connectivity index (χ1v) is 9.64. The fraction of sp³-hybridized carbons (Fsp3) is 0.333. The third kappa shape index (κ3) is 4.92. The molecule has 2 N–H and O–H groups in total. The molecule has 2 aromatic rings. The molecule has 1 heterocycles. The Hall–Kier alpha value is -3.66. The highest BCUT2D eigenvalue weighted by Crippen LogP contribution is 2.28. The third-order valence-corrected chi connectivity index (χ3v) is 5.25. The Morgan fingerprint density at radius 2 is 1.65 bits per heavy atom. The highest BCUT2D eigenvalue weighted by molar-refractivity contribution is 5.95. The number of hydrogen-bond donors (Lipinski definition) is 1. The van der Waals surface area contributed by atoms with E-state index in [1.165, 1.54) is 26.4 Å². The molecule has 2 aromatic carbocycles. The molecule has 0 aliphatic carbocycles. The highest BCUT2D eigenvalue weighted by atomic mass is 16.6. The molecule has 0 spiro atoms. The van der Waals surface area contributed by atoms with Crippen LogP contribution in [-0.2, 0) is 6.54 Å². The van der Waals surface area contributed by atoms with Crippen molar-refractivity contribution in [3.63, 3.8) is 0 Å². The summed E-state index contributed by atoms with van der Waals surface area (Å²) in [6.07, 6.45) is 0. The number of carbonyl (C=O) groups is 2. The summed E-state index contributed by atoms with van der Waals surface area (Å²) in [4.78, 5) is 38.8. The molecule has 0 unspecified atom stereocenters. The van der Waals surface area contributed by atoms with Gasteiger partial charge in [0.15, 0.2) is 11.5 Å². The van der Waals surface area contributed by atoms with E-state index in [4.69, 9.17) is 15.2 Å². The van der Waals surface area contributed by atoms with E-state index in [-0.39, 0.29) is 17.2 Å². The number of hydrogen-bond acceptors (Lipinski definition) is 7. The Morgan fingerprint density at radius 3 is 2.23 bits per heavy atom. The molecule has 0 saturated carbocycles. The summed E-state index contributed by atoms with van der Waals surface area (Å²) >= 11 is 0. The summed E-state index contributed by atoms with van der Waals surface area (Å²) in [6.45, 7) is 2.44. The van der Waals surface area contributed by atoms with E-state index in [2.05, 4.69) is 0 Å². The third-order valence-electron chi connectivity index (χ3n) is 5.25. The maximum absolute atomic E-state index is 12.9. The molecule has 3 rings (SSSR count). The minimum Gasteiger partial charge on any atom is -0.493 e. The molecule has 0 atom stereocenters. The number of nitrogens with two attached hydrogens (primary N) is 1. The first-order chi connectivity index (χ1) is 14.8. The minimum absolute atomic E-state index is 0.0979. The average molecular weight is 428 g/mol. The molecule has 1 aliphatic rings. The van der Waals surface area contributed by atoms with Gasteiger partial charge in [0.2, 0.25) is 5.91 Å². The van der Waals surface area contributed by atoms with Gasteiger partial charge < -0.3 is 20.1 Å². The van der Waals surface area contributed by atoms with Gasteiger partial charge in [0.1, 0.15) is 0 Å². The zero-order valence-corrected chi connectivity index (χ0v) is 17.4. The summed E-state index contributed by atoms with van der Waals surface area (Å²) in [7, 11) is 3.05. The number of ether oxygens (including phenoxy) is 2. The number of amides is 2. The number of nitro benzene ring substituents is 1. The van der Waals surface area contributed by atoms with Crippen molar-refractivity contribution < 1.29 is 24.0 Å². The molecule has 0 bridgehead atoms. The van der Waals surface area contributed by atoms with E-state index in [0.29, 0.717) is 55.3 Å². The Bertz CT molecular complexity index is 1000. The largest absolute Gasteiger partial charge is 0.493 e. The van der Waals surface area contributed by atoms with Crippen molar-refractivity contribution in [3.05, 3.63) is 63.2 Å². The fourth-order valence-corrected chi connectivity index (χ4v) is 3.52. The van der Waals surface area contributed by atoms with Gasteiger partial charge in [-0.25, -0.2) is 0 Å². The SMILES string of the molecule is COc1ccc(C(=O)N2CCN(Cc3ccc(C(N)=O)cc3[N+](=O)[O-])CC2)cc1OC. The fourth-order valence-electron chi connectivity index (χ4n) is 3.52. The van der Waals surface area contributed by atoms with Crippen LogP contribution in [0.1, 0.15) is 26.3 Å². The maximum Gasteiger partial charge on any atom is 0.274 e. The lowest BCUT2D eigenvalue weighted by Crippen LogP contribution is -2.48. The van der Waals surface area contributed by atoms with Crippen molar-refractivity contribution in [3.8, 4) is 11.5 Å². The first kappa shape index (κ1) is 22.0. The number of nitro groups is 1. The molecule has 1 aliphatic heterocycles. The van der Waals surface area contributed by atoms with Crippen LogP contribution in [0.15, 0.2) is 36.4 Å². The zero-order valence-electron chi connectivity index (χ0n) is 17.4. The molecular weight excluding hydrogens is 404 g/mol. The Labute approximate surface area is 179 Å². The van der Waals surface area contributed by atoms with E-state index in [1.54, 1.807) is 29.2 Å². The minimum atomic E-state index is -0.711. The lowest BCUT2D eigenvalue weighted by atomic mass is 10.1. The molecular formula is C21H24N4O6. The molecule has 164 valence electrons. The molecule has 1 fully saturated rings. The lowest BCUT2D eigenvalue weighted by molar-refractivity contribution is -0.385. The van der Waals surface area contributed by atoms with E-state index >= 15 is 0 Å². The van der Waals surface area contributed by atoms with Crippen LogP contribution in [0.4, 0.5) is 5.69 Å². The van der Waals surface area contributed by atoms with Gasteiger partial charge in [-0.15, -0.1) is 0 Å². The Kier molecular flexibility index (Phi) is 6.71. The maximum atomic E-state index is 12.9. The predicted molar refractivity (Wildman–Crippen MR) is 112 cm³/mol. The second kappa shape index (κ2) is 9.43. The van der Waals surface area contributed by atoms with Gasteiger partial charge in [0.25, 0.3) is 11.6 Å². The van der Waals surface area contributed by atoms with Gasteiger partial charge in [0, 0.05) is 55.5 Å².